The molecular weight excluding hydrogens is 486 g/mol. The zero-order chi connectivity index (χ0) is 23.7. The molecule has 1 atom stereocenters. The van der Waals surface area contributed by atoms with Gasteiger partial charge in [-0.3, -0.25) is 14.5 Å². The summed E-state index contributed by atoms with van der Waals surface area (Å²) in [6.07, 6.45) is 0. The predicted molar refractivity (Wildman–Crippen MR) is 129 cm³/mol. The molecule has 3 aromatic rings. The first-order chi connectivity index (χ1) is 15.8. The highest BCUT2D eigenvalue weighted by atomic mass is 79.9. The molecule has 168 valence electrons. The van der Waals surface area contributed by atoms with Gasteiger partial charge in [-0.1, -0.05) is 58.4 Å². The van der Waals surface area contributed by atoms with Gasteiger partial charge in [0.2, 0.25) is 0 Å². The molecule has 4 rings (SSSR count). The maximum Gasteiger partial charge on any atom is 0.300 e. The number of aliphatic hydroxyl groups is 1. The normalized spacial score (nSPS) is 17.4. The lowest BCUT2D eigenvalue weighted by Crippen LogP contribution is -2.29. The number of phenolic OH excluding ortho intramolecular Hbond substituents is 1. The molecule has 1 heterocycles. The van der Waals surface area contributed by atoms with Crippen molar-refractivity contribution < 1.29 is 24.5 Å². The minimum absolute atomic E-state index is 0.0314. The van der Waals surface area contributed by atoms with Gasteiger partial charge in [0.1, 0.15) is 5.76 Å². The van der Waals surface area contributed by atoms with Crippen LogP contribution in [0, 0.1) is 6.92 Å². The first-order valence-corrected chi connectivity index (χ1v) is 11.2. The van der Waals surface area contributed by atoms with Crippen molar-refractivity contribution in [3.8, 4) is 11.5 Å². The number of halogens is 1. The van der Waals surface area contributed by atoms with Crippen molar-refractivity contribution in [2.75, 3.05) is 11.5 Å². The molecule has 0 aromatic heterocycles. The summed E-state index contributed by atoms with van der Waals surface area (Å²) < 4.78 is 6.30. The van der Waals surface area contributed by atoms with E-state index in [2.05, 4.69) is 15.9 Å². The summed E-state index contributed by atoms with van der Waals surface area (Å²) in [6, 6.07) is 17.7. The van der Waals surface area contributed by atoms with E-state index in [1.54, 1.807) is 61.5 Å². The van der Waals surface area contributed by atoms with Crippen LogP contribution >= 0.6 is 15.9 Å². The lowest BCUT2D eigenvalue weighted by Gasteiger charge is -2.26. The lowest BCUT2D eigenvalue weighted by atomic mass is 9.94. The quantitative estimate of drug-likeness (QED) is 0.271. The standard InChI is InChI=1S/C26H22BrNO5/c1-3-33-21-13-17(10-12-20(21)29)23-22(24(30)16-7-5-4-6-8-16)25(31)26(32)28(23)18-11-9-15(2)19(27)14-18/h4-14,23,29-30H,3H2,1-2H3. The Morgan fingerprint density at radius 3 is 2.45 bits per heavy atom. The van der Waals surface area contributed by atoms with Crippen LogP contribution in [0.5, 0.6) is 11.5 Å². The van der Waals surface area contributed by atoms with Crippen molar-refractivity contribution in [2.45, 2.75) is 19.9 Å². The minimum Gasteiger partial charge on any atom is -0.507 e. The number of benzene rings is 3. The van der Waals surface area contributed by atoms with Gasteiger partial charge in [-0.15, -0.1) is 0 Å². The maximum atomic E-state index is 13.2. The molecule has 2 N–H and O–H groups in total. The van der Waals surface area contributed by atoms with Gasteiger partial charge in [0.25, 0.3) is 11.7 Å². The monoisotopic (exact) mass is 507 g/mol. The number of hydrogen-bond acceptors (Lipinski definition) is 5. The third-order valence-electron chi connectivity index (χ3n) is 5.52. The van der Waals surface area contributed by atoms with Crippen LogP contribution in [0.2, 0.25) is 0 Å². The zero-order valence-corrected chi connectivity index (χ0v) is 19.7. The summed E-state index contributed by atoms with van der Waals surface area (Å²) >= 11 is 3.49. The van der Waals surface area contributed by atoms with Gasteiger partial charge in [0.15, 0.2) is 11.5 Å². The number of carbonyl (C=O) groups is 2. The smallest absolute Gasteiger partial charge is 0.300 e. The van der Waals surface area contributed by atoms with Crippen molar-refractivity contribution in [3.63, 3.8) is 0 Å². The fourth-order valence-corrected chi connectivity index (χ4v) is 4.24. The van der Waals surface area contributed by atoms with Crippen molar-refractivity contribution in [3.05, 3.63) is 93.5 Å². The summed E-state index contributed by atoms with van der Waals surface area (Å²) in [5, 5.41) is 21.3. The summed E-state index contributed by atoms with van der Waals surface area (Å²) in [4.78, 5) is 27.8. The molecule has 1 saturated heterocycles. The summed E-state index contributed by atoms with van der Waals surface area (Å²) in [5.74, 6) is -1.63. The molecular formula is C26H22BrNO5. The molecule has 1 unspecified atom stereocenters. The number of carbonyl (C=O) groups excluding carboxylic acids is 2. The van der Waals surface area contributed by atoms with E-state index in [0.717, 1.165) is 10.0 Å². The van der Waals surface area contributed by atoms with Crippen LogP contribution in [0.4, 0.5) is 5.69 Å². The molecule has 1 aliphatic heterocycles. The Morgan fingerprint density at radius 1 is 1.06 bits per heavy atom. The molecule has 0 spiro atoms. The lowest BCUT2D eigenvalue weighted by molar-refractivity contribution is -0.132. The van der Waals surface area contributed by atoms with Crippen molar-refractivity contribution in [1.29, 1.82) is 0 Å². The van der Waals surface area contributed by atoms with Crippen LogP contribution in [0.25, 0.3) is 5.76 Å². The first-order valence-electron chi connectivity index (χ1n) is 10.4. The fourth-order valence-electron chi connectivity index (χ4n) is 3.87. The molecule has 6 nitrogen and oxygen atoms in total. The number of anilines is 1. The molecule has 33 heavy (non-hydrogen) atoms. The van der Waals surface area contributed by atoms with Crippen molar-refractivity contribution in [2.24, 2.45) is 0 Å². The van der Waals surface area contributed by atoms with E-state index in [4.69, 9.17) is 4.74 Å². The number of nitrogens with zero attached hydrogens (tertiary/aromatic N) is 1. The molecule has 0 radical (unpaired) electrons. The molecule has 0 bridgehead atoms. The Labute approximate surface area is 199 Å². The first kappa shape index (κ1) is 22.6. The van der Waals surface area contributed by atoms with Gasteiger partial charge in [-0.05, 0) is 49.2 Å². The second-order valence-corrected chi connectivity index (χ2v) is 8.48. The second kappa shape index (κ2) is 9.11. The maximum absolute atomic E-state index is 13.2. The number of rotatable bonds is 5. The Hall–Kier alpha value is -3.58. The van der Waals surface area contributed by atoms with E-state index in [1.807, 2.05) is 13.0 Å². The van der Waals surface area contributed by atoms with Crippen LogP contribution < -0.4 is 9.64 Å². The van der Waals surface area contributed by atoms with Crippen LogP contribution in [0.15, 0.2) is 76.8 Å². The third-order valence-corrected chi connectivity index (χ3v) is 6.38. The summed E-state index contributed by atoms with van der Waals surface area (Å²) in [7, 11) is 0. The average Bonchev–Trinajstić information content (AvgIpc) is 3.08. The minimum atomic E-state index is -0.917. The van der Waals surface area contributed by atoms with Crippen molar-refractivity contribution >= 4 is 39.1 Å². The van der Waals surface area contributed by atoms with Gasteiger partial charge >= 0.3 is 0 Å². The predicted octanol–water partition coefficient (Wildman–Crippen LogP) is 5.49. The number of aromatic hydroxyl groups is 1. The number of aryl methyl sites for hydroxylation is 1. The highest BCUT2D eigenvalue weighted by molar-refractivity contribution is 9.10. The van der Waals surface area contributed by atoms with E-state index in [0.29, 0.717) is 23.4 Å². The third kappa shape index (κ3) is 4.12. The highest BCUT2D eigenvalue weighted by Gasteiger charge is 2.47. The molecule has 1 amide bonds. The van der Waals surface area contributed by atoms with Gasteiger partial charge in [0.05, 0.1) is 18.2 Å². The van der Waals surface area contributed by atoms with E-state index >= 15 is 0 Å². The second-order valence-electron chi connectivity index (χ2n) is 7.63. The number of ketones is 1. The molecule has 0 aliphatic carbocycles. The Balaban J connectivity index is 1.97. The number of ether oxygens (including phenoxy) is 1. The molecule has 7 heteroatoms. The Bertz CT molecular complexity index is 1270. The van der Waals surface area contributed by atoms with Crippen LogP contribution in [0.1, 0.15) is 29.7 Å². The van der Waals surface area contributed by atoms with E-state index in [1.165, 1.54) is 11.0 Å². The Morgan fingerprint density at radius 2 is 1.79 bits per heavy atom. The van der Waals surface area contributed by atoms with Crippen LogP contribution in [0.3, 0.4) is 0 Å². The molecule has 0 saturated carbocycles. The number of hydrogen-bond donors (Lipinski definition) is 2. The number of aliphatic hydroxyl groups excluding tert-OH is 1. The van der Waals surface area contributed by atoms with Crippen LogP contribution in [-0.2, 0) is 9.59 Å². The van der Waals surface area contributed by atoms with Crippen LogP contribution in [-0.4, -0.2) is 28.5 Å². The zero-order valence-electron chi connectivity index (χ0n) is 18.1. The number of phenols is 1. The summed E-state index contributed by atoms with van der Waals surface area (Å²) in [6.45, 7) is 4.03. The SMILES string of the molecule is CCOc1cc(C2C(=C(O)c3ccccc3)C(=O)C(=O)N2c2ccc(C)c(Br)c2)ccc1O. The highest BCUT2D eigenvalue weighted by Crippen LogP contribution is 2.44. The van der Waals surface area contributed by atoms with Gasteiger partial charge < -0.3 is 14.9 Å². The number of amides is 1. The van der Waals surface area contributed by atoms with Gasteiger partial charge in [0, 0.05) is 15.7 Å². The number of Topliss-reactive ketones (excluding diaryl/α,β-unsaturated/α-hetero) is 1. The Kier molecular flexibility index (Phi) is 6.24. The van der Waals surface area contributed by atoms with Gasteiger partial charge in [-0.25, -0.2) is 0 Å². The van der Waals surface area contributed by atoms with Gasteiger partial charge in [-0.2, -0.15) is 0 Å². The van der Waals surface area contributed by atoms with E-state index in [-0.39, 0.29) is 22.8 Å². The average molecular weight is 508 g/mol. The molecule has 3 aromatic carbocycles. The van der Waals surface area contributed by atoms with E-state index in [9.17, 15) is 19.8 Å². The van der Waals surface area contributed by atoms with E-state index < -0.39 is 17.7 Å². The summed E-state index contributed by atoms with van der Waals surface area (Å²) in [5.41, 5.74) is 2.38. The topological polar surface area (TPSA) is 87.1 Å². The van der Waals surface area contributed by atoms with Crippen molar-refractivity contribution in [1.82, 2.24) is 0 Å². The molecule has 1 fully saturated rings. The largest absolute Gasteiger partial charge is 0.507 e. The fraction of sp³-hybridized carbons (Fsp3) is 0.154. The molecule has 1 aliphatic rings.